The number of aromatic amines is 1. The number of amides is 3. The smallest absolute Gasteiger partial charge is 0.274 e. The van der Waals surface area contributed by atoms with Gasteiger partial charge in [0.1, 0.15) is 11.5 Å². The molecule has 4 heterocycles. The van der Waals surface area contributed by atoms with E-state index in [1.54, 1.807) is 22.8 Å². The van der Waals surface area contributed by atoms with Gasteiger partial charge in [-0.2, -0.15) is 0 Å². The summed E-state index contributed by atoms with van der Waals surface area (Å²) in [6.45, 7) is 4.78. The first-order valence-electron chi connectivity index (χ1n) is 12.7. The van der Waals surface area contributed by atoms with Gasteiger partial charge in [-0.05, 0) is 56.7 Å². The van der Waals surface area contributed by atoms with Gasteiger partial charge in [-0.15, -0.1) is 0 Å². The Bertz CT molecular complexity index is 1280. The molecule has 2 spiro atoms. The Morgan fingerprint density at radius 1 is 1.22 bits per heavy atom. The molecule has 1 aliphatic carbocycles. The van der Waals surface area contributed by atoms with Crippen LogP contribution in [-0.4, -0.2) is 71.5 Å². The van der Waals surface area contributed by atoms with Crippen molar-refractivity contribution < 1.29 is 23.5 Å². The summed E-state index contributed by atoms with van der Waals surface area (Å²) in [6.07, 6.45) is 4.63. The van der Waals surface area contributed by atoms with Gasteiger partial charge in [0.05, 0.1) is 41.1 Å². The number of aryl methyl sites for hydroxylation is 1. The molecular formula is C26H29ClFN5O4. The van der Waals surface area contributed by atoms with Crippen LogP contribution in [0, 0.1) is 23.6 Å². The van der Waals surface area contributed by atoms with E-state index in [1.807, 2.05) is 0 Å². The zero-order valence-electron chi connectivity index (χ0n) is 20.6. The second-order valence-electron chi connectivity index (χ2n) is 11.1. The number of rotatable bonds is 4. The van der Waals surface area contributed by atoms with Gasteiger partial charge in [-0.3, -0.25) is 14.4 Å². The zero-order chi connectivity index (χ0) is 25.9. The van der Waals surface area contributed by atoms with Crippen molar-refractivity contribution in [3.8, 4) is 0 Å². The van der Waals surface area contributed by atoms with Crippen LogP contribution in [0.1, 0.15) is 58.6 Å². The normalized spacial score (nSPS) is 26.4. The van der Waals surface area contributed by atoms with Crippen LogP contribution in [0.3, 0.4) is 0 Å². The van der Waals surface area contributed by atoms with E-state index >= 15 is 0 Å². The van der Waals surface area contributed by atoms with Crippen LogP contribution in [-0.2, 0) is 9.53 Å². The summed E-state index contributed by atoms with van der Waals surface area (Å²) in [6, 6.07) is 2.78. The molecule has 0 radical (unpaired) electrons. The van der Waals surface area contributed by atoms with Crippen molar-refractivity contribution in [2.24, 2.45) is 10.8 Å². The minimum Gasteiger partial charge on any atom is -0.380 e. The van der Waals surface area contributed by atoms with Crippen LogP contribution in [0.4, 0.5) is 10.1 Å². The Hall–Kier alpha value is -2.98. The largest absolute Gasteiger partial charge is 0.380 e. The number of anilines is 1. The first-order chi connectivity index (χ1) is 17.7. The van der Waals surface area contributed by atoms with Crippen LogP contribution in [0.25, 0.3) is 0 Å². The fourth-order valence-electron chi connectivity index (χ4n) is 6.20. The van der Waals surface area contributed by atoms with E-state index < -0.39 is 11.2 Å². The molecule has 9 nitrogen and oxygen atoms in total. The third kappa shape index (κ3) is 4.01. The number of hydrogen-bond donors (Lipinski definition) is 2. The van der Waals surface area contributed by atoms with Crippen molar-refractivity contribution in [1.82, 2.24) is 20.2 Å². The molecule has 196 valence electrons. The quantitative estimate of drug-likeness (QED) is 0.633. The standard InChI is InChI=1S/C26H29ClFN5O4/c1-15-8-19(17(27)9-18(15)28)33-7-6-26(24(33)36)4-2-16(3-5-26)31-22(34)20-21(30-14-29-20)23(35)32-10-25(11-32)12-37-13-25/h8-9,14,16H,2-7,10-13H2,1H3,(H,29,30)(H,31,34). The predicted octanol–water partition coefficient (Wildman–Crippen LogP) is 3.08. The molecule has 11 heteroatoms. The Morgan fingerprint density at radius 2 is 1.95 bits per heavy atom. The number of nitrogens with zero attached hydrogens (tertiary/aromatic N) is 3. The molecule has 1 aromatic carbocycles. The number of likely N-dealkylation sites (tertiary alicyclic amines) is 1. The molecule has 37 heavy (non-hydrogen) atoms. The van der Waals surface area contributed by atoms with Crippen molar-refractivity contribution in [3.63, 3.8) is 0 Å². The summed E-state index contributed by atoms with van der Waals surface area (Å²) in [7, 11) is 0. The van der Waals surface area contributed by atoms with Crippen molar-refractivity contribution in [1.29, 1.82) is 0 Å². The summed E-state index contributed by atoms with van der Waals surface area (Å²) in [5.41, 5.74) is 0.879. The fraction of sp³-hybridized carbons (Fsp3) is 0.538. The first kappa shape index (κ1) is 24.4. The summed E-state index contributed by atoms with van der Waals surface area (Å²) in [5.74, 6) is -0.999. The predicted molar refractivity (Wildman–Crippen MR) is 133 cm³/mol. The molecule has 2 aromatic rings. The lowest BCUT2D eigenvalue weighted by Crippen LogP contribution is -2.67. The van der Waals surface area contributed by atoms with E-state index in [4.69, 9.17) is 16.3 Å². The lowest BCUT2D eigenvalue weighted by atomic mass is 9.71. The maximum absolute atomic E-state index is 13.9. The number of H-pyrrole nitrogens is 1. The second-order valence-corrected chi connectivity index (χ2v) is 11.5. The summed E-state index contributed by atoms with van der Waals surface area (Å²) in [5, 5.41) is 3.26. The fourth-order valence-corrected chi connectivity index (χ4v) is 6.45. The van der Waals surface area contributed by atoms with E-state index in [-0.39, 0.29) is 45.6 Å². The van der Waals surface area contributed by atoms with E-state index in [0.29, 0.717) is 76.2 Å². The number of nitrogens with one attached hydrogen (secondary N) is 2. The SMILES string of the molecule is Cc1cc(N2CCC3(CCC(NC(=O)c4[nH]cnc4C(=O)N4CC5(COC5)C4)CC3)C2=O)c(Cl)cc1F. The molecule has 4 fully saturated rings. The summed E-state index contributed by atoms with van der Waals surface area (Å²) in [4.78, 5) is 49.7. The van der Waals surface area contributed by atoms with Crippen LogP contribution >= 0.6 is 11.6 Å². The number of carbonyl (C=O) groups excluding carboxylic acids is 3. The molecule has 1 aromatic heterocycles. The van der Waals surface area contributed by atoms with E-state index in [1.165, 1.54) is 12.4 Å². The number of imidazole rings is 1. The highest BCUT2D eigenvalue weighted by Crippen LogP contribution is 2.47. The minimum absolute atomic E-state index is 0.0100. The highest BCUT2D eigenvalue weighted by atomic mass is 35.5. The van der Waals surface area contributed by atoms with Crippen molar-refractivity contribution >= 4 is 35.0 Å². The molecule has 0 bridgehead atoms. The van der Waals surface area contributed by atoms with Gasteiger partial charge in [0, 0.05) is 25.7 Å². The van der Waals surface area contributed by atoms with Gasteiger partial charge in [0.25, 0.3) is 11.8 Å². The Kier molecular flexibility index (Phi) is 5.80. The molecule has 2 N–H and O–H groups in total. The number of carbonyl (C=O) groups is 3. The van der Waals surface area contributed by atoms with Crippen LogP contribution < -0.4 is 10.2 Å². The van der Waals surface area contributed by atoms with Crippen LogP contribution in [0.15, 0.2) is 18.5 Å². The monoisotopic (exact) mass is 529 g/mol. The molecule has 3 amide bonds. The topological polar surface area (TPSA) is 108 Å². The molecule has 3 saturated heterocycles. The van der Waals surface area contributed by atoms with Crippen LogP contribution in [0.2, 0.25) is 5.02 Å². The van der Waals surface area contributed by atoms with Gasteiger partial charge >= 0.3 is 0 Å². The number of ether oxygens (including phenoxy) is 1. The molecule has 6 rings (SSSR count). The number of benzene rings is 1. The van der Waals surface area contributed by atoms with Gasteiger partial charge in [0.2, 0.25) is 5.91 Å². The van der Waals surface area contributed by atoms with E-state index in [2.05, 4.69) is 15.3 Å². The summed E-state index contributed by atoms with van der Waals surface area (Å²) < 4.78 is 19.1. The van der Waals surface area contributed by atoms with E-state index in [0.717, 1.165) is 0 Å². The molecular weight excluding hydrogens is 501 g/mol. The molecule has 3 aliphatic heterocycles. The second kappa shape index (κ2) is 8.80. The van der Waals surface area contributed by atoms with Crippen LogP contribution in [0.5, 0.6) is 0 Å². The Balaban J connectivity index is 1.07. The zero-order valence-corrected chi connectivity index (χ0v) is 21.4. The van der Waals surface area contributed by atoms with Crippen molar-refractivity contribution in [2.75, 3.05) is 37.7 Å². The Morgan fingerprint density at radius 3 is 2.62 bits per heavy atom. The first-order valence-corrected chi connectivity index (χ1v) is 13.1. The molecule has 0 unspecified atom stereocenters. The van der Waals surface area contributed by atoms with Gasteiger partial charge in [0.15, 0.2) is 5.69 Å². The highest BCUT2D eigenvalue weighted by molar-refractivity contribution is 6.34. The molecule has 4 aliphatic rings. The maximum Gasteiger partial charge on any atom is 0.274 e. The molecule has 1 saturated carbocycles. The van der Waals surface area contributed by atoms with Gasteiger partial charge in [-0.1, -0.05) is 11.6 Å². The van der Waals surface area contributed by atoms with Gasteiger partial charge < -0.3 is 24.8 Å². The number of aromatic nitrogens is 2. The highest BCUT2D eigenvalue weighted by Gasteiger charge is 2.52. The average Bonchev–Trinajstić information content (AvgIpc) is 3.42. The Labute approximate surface area is 218 Å². The van der Waals surface area contributed by atoms with Crippen molar-refractivity contribution in [2.45, 2.75) is 45.1 Å². The summed E-state index contributed by atoms with van der Waals surface area (Å²) >= 11 is 6.27. The number of hydrogen-bond acceptors (Lipinski definition) is 5. The lowest BCUT2D eigenvalue weighted by molar-refractivity contribution is -0.176. The number of halogens is 2. The lowest BCUT2D eigenvalue weighted by Gasteiger charge is -2.54. The van der Waals surface area contributed by atoms with Crippen molar-refractivity contribution in [3.05, 3.63) is 46.3 Å². The molecule has 0 atom stereocenters. The third-order valence-electron chi connectivity index (χ3n) is 8.53. The third-order valence-corrected chi connectivity index (χ3v) is 8.84. The maximum atomic E-state index is 13.9. The van der Waals surface area contributed by atoms with E-state index in [9.17, 15) is 18.8 Å². The minimum atomic E-state index is -0.499. The average molecular weight is 530 g/mol. The van der Waals surface area contributed by atoms with Gasteiger partial charge in [-0.25, -0.2) is 9.37 Å².